The molecular formula is C21H20O4. The van der Waals surface area contributed by atoms with E-state index in [4.69, 9.17) is 4.74 Å². The molecule has 0 amide bonds. The molecule has 2 aromatic rings. The third-order valence-corrected chi connectivity index (χ3v) is 4.36. The van der Waals surface area contributed by atoms with E-state index in [1.165, 1.54) is 0 Å². The number of ether oxygens (including phenoxy) is 1. The quantitative estimate of drug-likeness (QED) is 0.803. The van der Waals surface area contributed by atoms with Crippen LogP contribution < -0.4 is 4.74 Å². The summed E-state index contributed by atoms with van der Waals surface area (Å²) in [5, 5.41) is 10.5. The average Bonchev–Trinajstić information content (AvgIpc) is 2.62. The number of benzene rings is 2. The fourth-order valence-electron chi connectivity index (χ4n) is 3.07. The van der Waals surface area contributed by atoms with Crippen LogP contribution in [0, 0.1) is 0 Å². The van der Waals surface area contributed by atoms with E-state index in [1.54, 1.807) is 6.92 Å². The van der Waals surface area contributed by atoms with Crippen LogP contribution in [0.25, 0.3) is 0 Å². The van der Waals surface area contributed by atoms with E-state index in [-0.39, 0.29) is 41.7 Å². The molecule has 0 fully saturated rings. The maximum absolute atomic E-state index is 12.0. The van der Waals surface area contributed by atoms with Crippen molar-refractivity contribution in [3.05, 3.63) is 71.5 Å². The Morgan fingerprint density at radius 2 is 1.84 bits per heavy atom. The average molecular weight is 336 g/mol. The number of hydrogen-bond donors (Lipinski definition) is 1. The number of ketones is 2. The molecule has 2 aromatic carbocycles. The lowest BCUT2D eigenvalue weighted by Crippen LogP contribution is -2.23. The van der Waals surface area contributed by atoms with Crippen molar-refractivity contribution in [1.82, 2.24) is 0 Å². The van der Waals surface area contributed by atoms with E-state index in [9.17, 15) is 14.7 Å². The smallest absolute Gasteiger partial charge is 0.169 e. The second-order valence-electron chi connectivity index (χ2n) is 6.04. The molecule has 25 heavy (non-hydrogen) atoms. The first-order valence-corrected chi connectivity index (χ1v) is 8.42. The van der Waals surface area contributed by atoms with Crippen molar-refractivity contribution in [2.45, 2.75) is 32.1 Å². The number of Topliss-reactive ketones (excluding diaryl/α,β-unsaturated/α-hetero) is 2. The minimum atomic E-state index is -0.359. The molecule has 0 bridgehead atoms. The lowest BCUT2D eigenvalue weighted by molar-refractivity contribution is -0.122. The third-order valence-electron chi connectivity index (χ3n) is 4.36. The standard InChI is InChI=1S/C21H20O4/c1-2-18(22)20-19(23)12-11-17(21(20)24)14-7-6-10-16(13-14)25-15-8-4-3-5-9-15/h3-10,13,17,24H,2,11-12H2,1H3/t17-/m0/s1. The van der Waals surface area contributed by atoms with Crippen molar-refractivity contribution in [3.8, 4) is 11.5 Å². The summed E-state index contributed by atoms with van der Waals surface area (Å²) in [4.78, 5) is 24.0. The molecule has 1 aliphatic rings. The van der Waals surface area contributed by atoms with Crippen LogP contribution in [0.3, 0.4) is 0 Å². The van der Waals surface area contributed by atoms with Gasteiger partial charge in [-0.3, -0.25) is 9.59 Å². The minimum absolute atomic E-state index is 0.0341. The van der Waals surface area contributed by atoms with Crippen molar-refractivity contribution < 1.29 is 19.4 Å². The van der Waals surface area contributed by atoms with E-state index in [0.29, 0.717) is 12.2 Å². The van der Waals surface area contributed by atoms with Gasteiger partial charge in [-0.25, -0.2) is 0 Å². The van der Waals surface area contributed by atoms with Crippen LogP contribution >= 0.6 is 0 Å². The van der Waals surface area contributed by atoms with Crippen molar-refractivity contribution in [1.29, 1.82) is 0 Å². The second-order valence-corrected chi connectivity index (χ2v) is 6.04. The summed E-state index contributed by atoms with van der Waals surface area (Å²) in [6.07, 6.45) is 0.953. The summed E-state index contributed by atoms with van der Waals surface area (Å²) in [5.41, 5.74) is 0.799. The number of aliphatic hydroxyl groups is 1. The largest absolute Gasteiger partial charge is 0.511 e. The molecule has 1 atom stereocenters. The molecule has 0 saturated heterocycles. The van der Waals surface area contributed by atoms with Gasteiger partial charge in [0.15, 0.2) is 11.6 Å². The highest BCUT2D eigenvalue weighted by Crippen LogP contribution is 2.37. The van der Waals surface area contributed by atoms with Gasteiger partial charge in [-0.1, -0.05) is 37.3 Å². The maximum atomic E-state index is 12.0. The predicted molar refractivity (Wildman–Crippen MR) is 94.9 cm³/mol. The molecule has 1 N–H and O–H groups in total. The summed E-state index contributed by atoms with van der Waals surface area (Å²) in [6.45, 7) is 1.69. The summed E-state index contributed by atoms with van der Waals surface area (Å²) >= 11 is 0. The van der Waals surface area contributed by atoms with Gasteiger partial charge in [0.2, 0.25) is 0 Å². The van der Waals surface area contributed by atoms with Gasteiger partial charge in [0.05, 0.1) is 5.57 Å². The highest BCUT2D eigenvalue weighted by atomic mass is 16.5. The monoisotopic (exact) mass is 336 g/mol. The van der Waals surface area contributed by atoms with E-state index in [2.05, 4.69) is 0 Å². The van der Waals surface area contributed by atoms with Gasteiger partial charge in [0, 0.05) is 18.8 Å². The number of carbonyl (C=O) groups excluding carboxylic acids is 2. The number of aliphatic hydroxyl groups excluding tert-OH is 1. The Morgan fingerprint density at radius 3 is 2.56 bits per heavy atom. The molecule has 0 saturated carbocycles. The normalized spacial score (nSPS) is 17.5. The van der Waals surface area contributed by atoms with E-state index in [1.807, 2.05) is 54.6 Å². The second kappa shape index (κ2) is 7.34. The van der Waals surface area contributed by atoms with Crippen LogP contribution in [-0.2, 0) is 9.59 Å². The summed E-state index contributed by atoms with van der Waals surface area (Å²) in [6, 6.07) is 16.8. The Morgan fingerprint density at radius 1 is 1.12 bits per heavy atom. The zero-order chi connectivity index (χ0) is 17.8. The van der Waals surface area contributed by atoms with Crippen molar-refractivity contribution in [2.75, 3.05) is 0 Å². The summed E-state index contributed by atoms with van der Waals surface area (Å²) < 4.78 is 5.83. The van der Waals surface area contributed by atoms with Crippen LogP contribution in [0.15, 0.2) is 65.9 Å². The van der Waals surface area contributed by atoms with E-state index < -0.39 is 0 Å². The molecule has 4 nitrogen and oxygen atoms in total. The Hall–Kier alpha value is -2.88. The molecule has 3 rings (SSSR count). The first-order chi connectivity index (χ1) is 12.1. The number of rotatable bonds is 5. The van der Waals surface area contributed by atoms with Crippen molar-refractivity contribution >= 4 is 11.6 Å². The lowest BCUT2D eigenvalue weighted by atomic mass is 9.81. The Balaban J connectivity index is 1.91. The van der Waals surface area contributed by atoms with Gasteiger partial charge >= 0.3 is 0 Å². The van der Waals surface area contributed by atoms with E-state index >= 15 is 0 Å². The van der Waals surface area contributed by atoms with Crippen LogP contribution in [0.4, 0.5) is 0 Å². The Labute approximate surface area is 146 Å². The van der Waals surface area contributed by atoms with Gasteiger partial charge in [-0.05, 0) is 36.2 Å². The SMILES string of the molecule is CCC(=O)C1=C(O)[C@H](c2cccc(Oc3ccccc3)c2)CCC1=O. The van der Waals surface area contributed by atoms with E-state index in [0.717, 1.165) is 11.3 Å². The zero-order valence-electron chi connectivity index (χ0n) is 14.1. The van der Waals surface area contributed by atoms with Crippen molar-refractivity contribution in [2.24, 2.45) is 0 Å². The highest BCUT2D eigenvalue weighted by Gasteiger charge is 2.32. The number of para-hydroxylation sites is 1. The molecule has 1 aliphatic carbocycles. The van der Waals surface area contributed by atoms with Crippen LogP contribution in [0.2, 0.25) is 0 Å². The fourth-order valence-corrected chi connectivity index (χ4v) is 3.07. The third kappa shape index (κ3) is 3.63. The number of hydrogen-bond acceptors (Lipinski definition) is 4. The van der Waals surface area contributed by atoms with Gasteiger partial charge in [0.25, 0.3) is 0 Å². The van der Waals surface area contributed by atoms with Gasteiger partial charge in [-0.15, -0.1) is 0 Å². The first-order valence-electron chi connectivity index (χ1n) is 8.42. The van der Waals surface area contributed by atoms with Crippen LogP contribution in [0.5, 0.6) is 11.5 Å². The number of allylic oxidation sites excluding steroid dienone is 2. The molecule has 0 aliphatic heterocycles. The van der Waals surface area contributed by atoms with Crippen molar-refractivity contribution in [3.63, 3.8) is 0 Å². The predicted octanol–water partition coefficient (Wildman–Crippen LogP) is 4.72. The minimum Gasteiger partial charge on any atom is -0.511 e. The Bertz CT molecular complexity index is 821. The molecule has 4 heteroatoms. The van der Waals surface area contributed by atoms with Gasteiger partial charge < -0.3 is 9.84 Å². The highest BCUT2D eigenvalue weighted by molar-refractivity contribution is 6.21. The summed E-state index contributed by atoms with van der Waals surface area (Å²) in [7, 11) is 0. The van der Waals surface area contributed by atoms with Crippen LogP contribution in [0.1, 0.15) is 37.7 Å². The summed E-state index contributed by atoms with van der Waals surface area (Å²) in [5.74, 6) is 0.334. The topological polar surface area (TPSA) is 63.6 Å². The lowest BCUT2D eigenvalue weighted by Gasteiger charge is -2.24. The zero-order valence-corrected chi connectivity index (χ0v) is 14.1. The van der Waals surface area contributed by atoms with Crippen LogP contribution in [-0.4, -0.2) is 16.7 Å². The molecule has 0 unspecified atom stereocenters. The van der Waals surface area contributed by atoms with Gasteiger partial charge in [-0.2, -0.15) is 0 Å². The molecule has 0 aromatic heterocycles. The molecule has 0 radical (unpaired) electrons. The number of carbonyl (C=O) groups is 2. The molecule has 128 valence electrons. The maximum Gasteiger partial charge on any atom is 0.169 e. The van der Waals surface area contributed by atoms with Gasteiger partial charge in [0.1, 0.15) is 17.3 Å². The fraction of sp³-hybridized carbons (Fsp3) is 0.238. The Kier molecular flexibility index (Phi) is 4.98. The molecule has 0 spiro atoms. The molecule has 0 heterocycles. The molecular weight excluding hydrogens is 316 g/mol. The first kappa shape index (κ1) is 17.0.